The highest BCUT2D eigenvalue weighted by molar-refractivity contribution is 6.03. The van der Waals surface area contributed by atoms with Gasteiger partial charge in [-0.05, 0) is 20.8 Å². The van der Waals surface area contributed by atoms with Crippen LogP contribution in [0.1, 0.15) is 20.8 Å². The SMILES string of the molecule is [B]NOC(C)(C)C. The molecule has 0 amide bonds. The first-order chi connectivity index (χ1) is 3.06. The van der Waals surface area contributed by atoms with E-state index < -0.39 is 0 Å². The molecule has 0 aliphatic rings. The number of nitrogens with one attached hydrogen (secondary N) is 1. The minimum Gasteiger partial charge on any atom is -0.309 e. The fourth-order valence-electron chi connectivity index (χ4n) is 0.177. The molecule has 0 aromatic rings. The number of rotatable bonds is 1. The lowest BCUT2D eigenvalue weighted by Gasteiger charge is -2.17. The Bertz CT molecular complexity index is 50.1. The third-order valence-electron chi connectivity index (χ3n) is 0.365. The Morgan fingerprint density at radius 2 is 1.86 bits per heavy atom. The highest BCUT2D eigenvalue weighted by atomic mass is 16.7. The molecule has 2 nitrogen and oxygen atoms in total. The van der Waals surface area contributed by atoms with E-state index in [1.165, 1.54) is 0 Å². The Hall–Kier alpha value is -0.0151. The predicted octanol–water partition coefficient (Wildman–Crippen LogP) is 0.390. The van der Waals surface area contributed by atoms with Gasteiger partial charge >= 0.3 is 0 Å². The van der Waals surface area contributed by atoms with Crippen LogP contribution in [0.4, 0.5) is 0 Å². The molecule has 0 aromatic carbocycles. The third-order valence-corrected chi connectivity index (χ3v) is 0.365. The van der Waals surface area contributed by atoms with Gasteiger partial charge in [0.05, 0.1) is 5.60 Å². The molecule has 7 heavy (non-hydrogen) atoms. The molecule has 2 radical (unpaired) electrons. The zero-order chi connectivity index (χ0) is 5.91. The molecule has 0 saturated carbocycles. The molecule has 0 spiro atoms. The summed E-state index contributed by atoms with van der Waals surface area (Å²) in [6.45, 7) is 5.73. The highest BCUT2D eigenvalue weighted by Gasteiger charge is 2.07. The Labute approximate surface area is 45.6 Å². The predicted molar refractivity (Wildman–Crippen MR) is 29.7 cm³/mol. The monoisotopic (exact) mass is 99.1 g/mol. The smallest absolute Gasteiger partial charge is 0.219 e. The topological polar surface area (TPSA) is 21.3 Å². The minimum absolute atomic E-state index is 0.186. The lowest BCUT2D eigenvalue weighted by Crippen LogP contribution is -2.27. The Kier molecular flexibility index (Phi) is 2.33. The van der Waals surface area contributed by atoms with E-state index in [0.717, 1.165) is 0 Å². The van der Waals surface area contributed by atoms with Crippen molar-refractivity contribution in [2.24, 2.45) is 0 Å². The first-order valence-electron chi connectivity index (χ1n) is 2.20. The average Bonchev–Trinajstić information content (AvgIpc) is 1.30. The van der Waals surface area contributed by atoms with Crippen LogP contribution in [0.15, 0.2) is 0 Å². The fraction of sp³-hybridized carbons (Fsp3) is 1.00. The first-order valence-corrected chi connectivity index (χ1v) is 2.20. The van der Waals surface area contributed by atoms with Crippen LogP contribution in [-0.4, -0.2) is 13.6 Å². The molecule has 0 aromatic heterocycles. The lowest BCUT2D eigenvalue weighted by molar-refractivity contribution is -0.0354. The van der Waals surface area contributed by atoms with Crippen molar-refractivity contribution in [3.63, 3.8) is 0 Å². The summed E-state index contributed by atoms with van der Waals surface area (Å²) < 4.78 is 0. The van der Waals surface area contributed by atoms with E-state index >= 15 is 0 Å². The van der Waals surface area contributed by atoms with Crippen molar-refractivity contribution in [2.75, 3.05) is 0 Å². The second-order valence-electron chi connectivity index (χ2n) is 2.33. The van der Waals surface area contributed by atoms with Crippen molar-refractivity contribution in [1.29, 1.82) is 0 Å². The quantitative estimate of drug-likeness (QED) is 0.379. The maximum atomic E-state index is 4.84. The largest absolute Gasteiger partial charge is 0.309 e. The summed E-state index contributed by atoms with van der Waals surface area (Å²) >= 11 is 0. The minimum atomic E-state index is -0.186. The zero-order valence-corrected chi connectivity index (χ0v) is 4.99. The van der Waals surface area contributed by atoms with E-state index in [1.54, 1.807) is 0 Å². The van der Waals surface area contributed by atoms with E-state index in [2.05, 4.69) is 5.39 Å². The molecule has 0 rings (SSSR count). The Morgan fingerprint density at radius 3 is 1.86 bits per heavy atom. The second kappa shape index (κ2) is 2.33. The van der Waals surface area contributed by atoms with Gasteiger partial charge in [0.25, 0.3) is 0 Å². The summed E-state index contributed by atoms with van der Waals surface area (Å²) in [4.78, 5) is 4.76. The summed E-state index contributed by atoms with van der Waals surface area (Å²) in [5, 5.41) is 2.11. The molecule has 0 aliphatic heterocycles. The summed E-state index contributed by atoms with van der Waals surface area (Å²) in [5.74, 6) is 0. The van der Waals surface area contributed by atoms with Crippen LogP contribution in [0.2, 0.25) is 0 Å². The van der Waals surface area contributed by atoms with Crippen LogP contribution < -0.4 is 5.39 Å². The molecule has 0 unspecified atom stereocenters. The van der Waals surface area contributed by atoms with Gasteiger partial charge in [-0.3, -0.25) is 5.39 Å². The van der Waals surface area contributed by atoms with Crippen LogP contribution >= 0.6 is 0 Å². The lowest BCUT2D eigenvalue weighted by atomic mass is 10.2. The fourth-order valence-corrected chi connectivity index (χ4v) is 0.177. The molecule has 0 bridgehead atoms. The number of hydrogen-bond acceptors (Lipinski definition) is 2. The van der Waals surface area contributed by atoms with Crippen LogP contribution in [0.25, 0.3) is 0 Å². The summed E-state index contributed by atoms with van der Waals surface area (Å²) in [5.41, 5.74) is -0.186. The van der Waals surface area contributed by atoms with Gasteiger partial charge in [0.2, 0.25) is 7.98 Å². The molecule has 1 N–H and O–H groups in total. The van der Waals surface area contributed by atoms with Crippen molar-refractivity contribution in [3.05, 3.63) is 0 Å². The molecule has 0 saturated heterocycles. The van der Waals surface area contributed by atoms with Crippen LogP contribution in [0.3, 0.4) is 0 Å². The van der Waals surface area contributed by atoms with Crippen molar-refractivity contribution in [1.82, 2.24) is 5.39 Å². The highest BCUT2D eigenvalue weighted by Crippen LogP contribution is 2.01. The van der Waals surface area contributed by atoms with Gasteiger partial charge in [0.15, 0.2) is 0 Å². The van der Waals surface area contributed by atoms with Crippen molar-refractivity contribution >= 4 is 7.98 Å². The molecule has 0 heterocycles. The third kappa shape index (κ3) is 5.98. The normalized spacial score (nSPS) is 11.9. The van der Waals surface area contributed by atoms with Crippen molar-refractivity contribution in [3.8, 4) is 0 Å². The summed E-state index contributed by atoms with van der Waals surface area (Å²) in [7, 11) is 4.84. The van der Waals surface area contributed by atoms with Gasteiger partial charge in [0.1, 0.15) is 0 Å². The maximum Gasteiger partial charge on any atom is 0.219 e. The van der Waals surface area contributed by atoms with E-state index in [0.29, 0.717) is 0 Å². The van der Waals surface area contributed by atoms with Gasteiger partial charge in [0, 0.05) is 0 Å². The number of hydrogen-bond donors (Lipinski definition) is 1. The van der Waals surface area contributed by atoms with Crippen LogP contribution in [-0.2, 0) is 4.84 Å². The molecule has 0 fully saturated rings. The van der Waals surface area contributed by atoms with E-state index in [9.17, 15) is 0 Å². The van der Waals surface area contributed by atoms with Gasteiger partial charge < -0.3 is 4.84 Å². The van der Waals surface area contributed by atoms with Gasteiger partial charge in [-0.1, -0.05) is 0 Å². The molecule has 3 heteroatoms. The van der Waals surface area contributed by atoms with Gasteiger partial charge in [-0.25, -0.2) is 0 Å². The zero-order valence-electron chi connectivity index (χ0n) is 4.99. The van der Waals surface area contributed by atoms with E-state index in [1.807, 2.05) is 20.8 Å². The summed E-state index contributed by atoms with van der Waals surface area (Å²) in [6.07, 6.45) is 0. The van der Waals surface area contributed by atoms with Crippen LogP contribution in [0.5, 0.6) is 0 Å². The van der Waals surface area contributed by atoms with Crippen molar-refractivity contribution in [2.45, 2.75) is 26.4 Å². The van der Waals surface area contributed by atoms with E-state index in [-0.39, 0.29) is 5.60 Å². The molecule has 0 aliphatic carbocycles. The standard InChI is InChI=1S/C4H10BNO/c1-4(2,3)7-6-5/h6H,1-3H3. The summed E-state index contributed by atoms with van der Waals surface area (Å²) in [6, 6.07) is 0. The van der Waals surface area contributed by atoms with Crippen LogP contribution in [0, 0.1) is 0 Å². The Morgan fingerprint density at radius 1 is 1.43 bits per heavy atom. The average molecular weight is 98.9 g/mol. The first kappa shape index (κ1) is 6.98. The molecule has 0 atom stereocenters. The molecular formula is C4H10BNO. The van der Waals surface area contributed by atoms with Gasteiger partial charge in [-0.2, -0.15) is 0 Å². The van der Waals surface area contributed by atoms with Crippen molar-refractivity contribution < 1.29 is 4.84 Å². The molecule has 40 valence electrons. The van der Waals surface area contributed by atoms with Gasteiger partial charge in [-0.15, -0.1) is 0 Å². The molecular weight excluding hydrogens is 88.9 g/mol. The van der Waals surface area contributed by atoms with E-state index in [4.69, 9.17) is 12.8 Å². The maximum absolute atomic E-state index is 4.84. The second-order valence-corrected chi connectivity index (χ2v) is 2.33. The Balaban J connectivity index is 3.15.